The second kappa shape index (κ2) is 15.0. The van der Waals surface area contributed by atoms with Crippen molar-refractivity contribution in [2.75, 3.05) is 16.8 Å². The van der Waals surface area contributed by atoms with Gasteiger partial charge >= 0.3 is 18.2 Å². The van der Waals surface area contributed by atoms with Crippen LogP contribution in [0, 0.1) is 0 Å². The second-order valence-corrected chi connectivity index (χ2v) is 11.5. The minimum absolute atomic E-state index is 0.0119. The highest BCUT2D eigenvalue weighted by Gasteiger charge is 2.32. The standard InChI is InChI=1S/C37H34F3N3O5/c38-37(39,40)30-19-29(26-9-5-2-6-10-26)20-31(21-30)42-36(48)43(32-17-15-27(16-18-32)25-7-3-1-4-8-25)23-24-11-13-28(14-12-24)34(45)41-22-33(44)35(46)47/h2,5-7,9-21,33,44H,1,3-4,8,22-23H2,(H,41,45)(H,42,48)(H,46,47)/t33-/m1/s1. The van der Waals surface area contributed by atoms with Gasteiger partial charge in [-0.05, 0) is 96.0 Å². The monoisotopic (exact) mass is 657 g/mol. The Balaban J connectivity index is 1.42. The summed E-state index contributed by atoms with van der Waals surface area (Å²) in [5.41, 5.74) is 3.51. The molecule has 0 heterocycles. The number of amides is 3. The van der Waals surface area contributed by atoms with Gasteiger partial charge in [0, 0.05) is 16.9 Å². The minimum atomic E-state index is -4.65. The number of alkyl halides is 3. The quantitative estimate of drug-likeness (QED) is 0.139. The van der Waals surface area contributed by atoms with Crippen molar-refractivity contribution in [1.29, 1.82) is 0 Å². The van der Waals surface area contributed by atoms with Crippen molar-refractivity contribution in [2.45, 2.75) is 44.5 Å². The number of carbonyl (C=O) groups excluding carboxylic acids is 2. The van der Waals surface area contributed by atoms with Crippen LogP contribution in [0.4, 0.5) is 29.3 Å². The number of hydrogen-bond donors (Lipinski definition) is 4. The van der Waals surface area contributed by atoms with Crippen molar-refractivity contribution >= 4 is 34.9 Å². The van der Waals surface area contributed by atoms with E-state index in [1.807, 2.05) is 12.1 Å². The van der Waals surface area contributed by atoms with E-state index in [-0.39, 0.29) is 17.8 Å². The summed E-state index contributed by atoms with van der Waals surface area (Å²) in [7, 11) is 0. The van der Waals surface area contributed by atoms with Gasteiger partial charge in [0.2, 0.25) is 0 Å². The van der Waals surface area contributed by atoms with Crippen LogP contribution >= 0.6 is 0 Å². The second-order valence-electron chi connectivity index (χ2n) is 11.5. The molecule has 0 bridgehead atoms. The van der Waals surface area contributed by atoms with Gasteiger partial charge in [0.25, 0.3) is 5.91 Å². The van der Waals surface area contributed by atoms with Crippen molar-refractivity contribution in [2.24, 2.45) is 0 Å². The lowest BCUT2D eigenvalue weighted by atomic mass is 9.93. The molecular formula is C37H34F3N3O5. The van der Waals surface area contributed by atoms with Crippen LogP contribution in [0.2, 0.25) is 0 Å². The third-order valence-electron chi connectivity index (χ3n) is 8.00. The number of aliphatic hydroxyl groups is 1. The number of nitrogens with zero attached hydrogens (tertiary/aromatic N) is 1. The Hall–Kier alpha value is -5.42. The number of carboxylic acid groups (broad SMARTS) is 1. The zero-order chi connectivity index (χ0) is 34.3. The summed E-state index contributed by atoms with van der Waals surface area (Å²) in [6.45, 7) is -0.462. The van der Waals surface area contributed by atoms with Gasteiger partial charge < -0.3 is 20.8 Å². The van der Waals surface area contributed by atoms with Gasteiger partial charge in [-0.15, -0.1) is 0 Å². The summed E-state index contributed by atoms with van der Waals surface area (Å²) in [4.78, 5) is 38.6. The first-order valence-electron chi connectivity index (χ1n) is 15.4. The molecule has 1 aliphatic carbocycles. The summed E-state index contributed by atoms with van der Waals surface area (Å²) in [5, 5.41) is 23.3. The van der Waals surface area contributed by atoms with Crippen LogP contribution in [0.25, 0.3) is 16.7 Å². The van der Waals surface area contributed by atoms with E-state index < -0.39 is 42.3 Å². The number of aliphatic hydroxyl groups excluding tert-OH is 1. The number of urea groups is 1. The SMILES string of the molecule is O=C(NC[C@@H](O)C(=O)O)c1ccc(CN(C(=O)Nc2cc(-c3ccccc3)cc(C(F)(F)F)c2)c2ccc(C3=CCCCC3)cc2)cc1. The minimum Gasteiger partial charge on any atom is -0.479 e. The Morgan fingerprint density at radius 2 is 1.54 bits per heavy atom. The van der Waals surface area contributed by atoms with Crippen LogP contribution in [0.15, 0.2) is 103 Å². The van der Waals surface area contributed by atoms with Gasteiger partial charge in [0.15, 0.2) is 6.10 Å². The molecule has 0 saturated carbocycles. The normalized spacial score (nSPS) is 13.6. The van der Waals surface area contributed by atoms with Crippen molar-refractivity contribution in [3.8, 4) is 11.1 Å². The zero-order valence-electron chi connectivity index (χ0n) is 25.8. The predicted molar refractivity (Wildman–Crippen MR) is 177 cm³/mol. The van der Waals surface area contributed by atoms with Gasteiger partial charge in [-0.3, -0.25) is 9.69 Å². The lowest BCUT2D eigenvalue weighted by Gasteiger charge is -2.25. The third kappa shape index (κ3) is 8.68. The number of rotatable bonds is 10. The molecule has 8 nitrogen and oxygen atoms in total. The van der Waals surface area contributed by atoms with Gasteiger partial charge in [-0.2, -0.15) is 13.2 Å². The molecule has 4 aromatic rings. The fourth-order valence-electron chi connectivity index (χ4n) is 5.41. The molecule has 0 aromatic heterocycles. The Bertz CT molecular complexity index is 1790. The predicted octanol–water partition coefficient (Wildman–Crippen LogP) is 7.74. The largest absolute Gasteiger partial charge is 0.479 e. The maximum Gasteiger partial charge on any atom is 0.416 e. The van der Waals surface area contributed by atoms with E-state index in [4.69, 9.17) is 5.11 Å². The highest BCUT2D eigenvalue weighted by Crippen LogP contribution is 2.35. The first-order chi connectivity index (χ1) is 23.0. The lowest BCUT2D eigenvalue weighted by Crippen LogP contribution is -2.36. The maximum absolute atomic E-state index is 13.9. The van der Waals surface area contributed by atoms with Crippen molar-refractivity contribution in [1.82, 2.24) is 5.32 Å². The fraction of sp³-hybridized carbons (Fsp3) is 0.216. The zero-order valence-corrected chi connectivity index (χ0v) is 25.8. The van der Waals surface area contributed by atoms with Gasteiger partial charge in [0.1, 0.15) is 0 Å². The van der Waals surface area contributed by atoms with E-state index in [9.17, 15) is 32.7 Å². The molecule has 0 saturated heterocycles. The van der Waals surface area contributed by atoms with Crippen LogP contribution in [-0.4, -0.2) is 40.8 Å². The van der Waals surface area contributed by atoms with E-state index in [1.54, 1.807) is 54.6 Å². The van der Waals surface area contributed by atoms with Crippen LogP contribution < -0.4 is 15.5 Å². The van der Waals surface area contributed by atoms with Crippen molar-refractivity contribution in [3.63, 3.8) is 0 Å². The van der Waals surface area contributed by atoms with Gasteiger partial charge in [-0.25, -0.2) is 9.59 Å². The van der Waals surface area contributed by atoms with E-state index in [1.165, 1.54) is 28.7 Å². The summed E-state index contributed by atoms with van der Waals surface area (Å²) >= 11 is 0. The number of carbonyl (C=O) groups is 3. The summed E-state index contributed by atoms with van der Waals surface area (Å²) < 4.78 is 41.8. The molecule has 1 atom stereocenters. The maximum atomic E-state index is 13.9. The first-order valence-corrected chi connectivity index (χ1v) is 15.4. The molecule has 0 unspecified atom stereocenters. The Kier molecular flexibility index (Phi) is 10.6. The number of nitrogens with one attached hydrogen (secondary N) is 2. The Morgan fingerprint density at radius 1 is 0.833 bits per heavy atom. The number of anilines is 2. The molecule has 0 radical (unpaired) electrons. The van der Waals surface area contributed by atoms with E-state index >= 15 is 0 Å². The molecule has 48 heavy (non-hydrogen) atoms. The summed E-state index contributed by atoms with van der Waals surface area (Å²) in [6.07, 6.45) is 0.00966. The molecule has 3 amide bonds. The molecule has 0 fully saturated rings. The molecular weight excluding hydrogens is 623 g/mol. The fourth-order valence-corrected chi connectivity index (χ4v) is 5.41. The molecule has 0 spiro atoms. The Labute approximate surface area is 275 Å². The Morgan fingerprint density at radius 3 is 2.17 bits per heavy atom. The van der Waals surface area contributed by atoms with E-state index in [0.717, 1.165) is 43.4 Å². The third-order valence-corrected chi connectivity index (χ3v) is 8.00. The van der Waals surface area contributed by atoms with E-state index in [2.05, 4.69) is 16.7 Å². The highest BCUT2D eigenvalue weighted by atomic mass is 19.4. The van der Waals surface area contributed by atoms with Crippen molar-refractivity contribution in [3.05, 3.63) is 125 Å². The first kappa shape index (κ1) is 33.9. The van der Waals surface area contributed by atoms with Crippen molar-refractivity contribution < 1.29 is 37.8 Å². The van der Waals surface area contributed by atoms with Crippen LogP contribution in [0.3, 0.4) is 0 Å². The molecule has 0 aliphatic heterocycles. The molecule has 4 aromatic carbocycles. The number of benzene rings is 4. The highest BCUT2D eigenvalue weighted by molar-refractivity contribution is 6.02. The number of allylic oxidation sites excluding steroid dienone is 2. The lowest BCUT2D eigenvalue weighted by molar-refractivity contribution is -0.146. The van der Waals surface area contributed by atoms with Crippen LogP contribution in [-0.2, 0) is 17.5 Å². The molecule has 5 rings (SSSR count). The number of hydrogen-bond acceptors (Lipinski definition) is 4. The number of aliphatic carboxylic acids is 1. The molecule has 11 heteroatoms. The summed E-state index contributed by atoms with van der Waals surface area (Å²) in [5.74, 6) is -2.06. The number of carboxylic acids is 1. The summed E-state index contributed by atoms with van der Waals surface area (Å²) in [6, 6.07) is 25.0. The topological polar surface area (TPSA) is 119 Å². The van der Waals surface area contributed by atoms with Gasteiger partial charge in [-0.1, -0.05) is 60.7 Å². The van der Waals surface area contributed by atoms with Crippen LogP contribution in [0.1, 0.15) is 52.7 Å². The van der Waals surface area contributed by atoms with Gasteiger partial charge in [0.05, 0.1) is 18.7 Å². The molecule has 4 N–H and O–H groups in total. The average molecular weight is 658 g/mol. The average Bonchev–Trinajstić information content (AvgIpc) is 3.10. The van der Waals surface area contributed by atoms with E-state index in [0.29, 0.717) is 22.4 Å². The smallest absolute Gasteiger partial charge is 0.416 e. The molecule has 248 valence electrons. The molecule has 1 aliphatic rings. The van der Waals surface area contributed by atoms with Crippen LogP contribution in [0.5, 0.6) is 0 Å². The number of halogens is 3.